The van der Waals surface area contributed by atoms with Gasteiger partial charge in [-0.15, -0.1) is 0 Å². The molecule has 1 heterocycles. The fraction of sp³-hybridized carbons (Fsp3) is 0.615. The van der Waals surface area contributed by atoms with E-state index in [1.165, 1.54) is 11.9 Å². The lowest BCUT2D eigenvalue weighted by molar-refractivity contribution is -0.142. The standard InChI is InChI=1S/C13H19F3N4O2/c1-4-19(5-2)12(22)8-18(3)11(21)9-20-7-6-10(17-20)13(14,15)16/h6-7H,4-5,8-9H2,1-3H3. The van der Waals surface area contributed by atoms with E-state index in [1.807, 2.05) is 13.8 Å². The minimum atomic E-state index is -4.54. The molecule has 2 amide bonds. The molecule has 0 saturated heterocycles. The summed E-state index contributed by atoms with van der Waals surface area (Å²) in [5.74, 6) is -0.699. The Bertz CT molecular complexity index is 524. The smallest absolute Gasteiger partial charge is 0.342 e. The van der Waals surface area contributed by atoms with E-state index < -0.39 is 17.8 Å². The van der Waals surface area contributed by atoms with Crippen molar-refractivity contribution >= 4 is 11.8 Å². The van der Waals surface area contributed by atoms with Gasteiger partial charge in [0.1, 0.15) is 6.54 Å². The van der Waals surface area contributed by atoms with Gasteiger partial charge in [-0.25, -0.2) is 0 Å². The molecule has 0 saturated carbocycles. The van der Waals surface area contributed by atoms with E-state index in [4.69, 9.17) is 0 Å². The zero-order valence-corrected chi connectivity index (χ0v) is 12.7. The van der Waals surface area contributed by atoms with Crippen molar-refractivity contribution in [1.29, 1.82) is 0 Å². The van der Waals surface area contributed by atoms with Gasteiger partial charge in [0, 0.05) is 26.3 Å². The van der Waals surface area contributed by atoms with Crippen LogP contribution in [0, 0.1) is 0 Å². The maximum Gasteiger partial charge on any atom is 0.435 e. The number of alkyl halides is 3. The Morgan fingerprint density at radius 2 is 1.82 bits per heavy atom. The third kappa shape index (κ3) is 4.74. The minimum Gasteiger partial charge on any atom is -0.342 e. The fourth-order valence-corrected chi connectivity index (χ4v) is 1.83. The number of hydrogen-bond donors (Lipinski definition) is 0. The molecule has 0 unspecified atom stereocenters. The second-order valence-electron chi connectivity index (χ2n) is 4.71. The van der Waals surface area contributed by atoms with E-state index >= 15 is 0 Å². The summed E-state index contributed by atoms with van der Waals surface area (Å²) in [5, 5.41) is 3.30. The van der Waals surface area contributed by atoms with Crippen LogP contribution in [0.4, 0.5) is 13.2 Å². The van der Waals surface area contributed by atoms with Gasteiger partial charge in [-0.2, -0.15) is 18.3 Å². The number of carbonyl (C=O) groups excluding carboxylic acids is 2. The molecule has 0 bridgehead atoms. The van der Waals surface area contributed by atoms with Crippen molar-refractivity contribution in [1.82, 2.24) is 19.6 Å². The molecule has 0 atom stereocenters. The maximum atomic E-state index is 12.4. The lowest BCUT2D eigenvalue weighted by Crippen LogP contribution is -2.42. The predicted molar refractivity (Wildman–Crippen MR) is 72.8 cm³/mol. The average Bonchev–Trinajstić information content (AvgIpc) is 2.88. The van der Waals surface area contributed by atoms with Crippen molar-refractivity contribution in [3.8, 4) is 0 Å². The quantitative estimate of drug-likeness (QED) is 0.792. The largest absolute Gasteiger partial charge is 0.435 e. The minimum absolute atomic E-state index is 0.117. The summed E-state index contributed by atoms with van der Waals surface area (Å²) in [5.41, 5.74) is -1.05. The summed E-state index contributed by atoms with van der Waals surface area (Å²) in [6.07, 6.45) is -3.46. The average molecular weight is 320 g/mol. The van der Waals surface area contributed by atoms with Crippen molar-refractivity contribution in [3.63, 3.8) is 0 Å². The van der Waals surface area contributed by atoms with E-state index in [0.717, 1.165) is 16.9 Å². The highest BCUT2D eigenvalue weighted by Gasteiger charge is 2.33. The van der Waals surface area contributed by atoms with Gasteiger partial charge in [0.25, 0.3) is 0 Å². The van der Waals surface area contributed by atoms with Crippen LogP contribution < -0.4 is 0 Å². The first-order chi connectivity index (χ1) is 10.2. The number of aromatic nitrogens is 2. The number of amides is 2. The SMILES string of the molecule is CCN(CC)C(=O)CN(C)C(=O)Cn1ccc(C(F)(F)F)n1. The Kier molecular flexibility index (Phi) is 5.95. The second-order valence-corrected chi connectivity index (χ2v) is 4.71. The molecule has 22 heavy (non-hydrogen) atoms. The van der Waals surface area contributed by atoms with Crippen molar-refractivity contribution < 1.29 is 22.8 Å². The zero-order chi connectivity index (χ0) is 16.9. The summed E-state index contributed by atoms with van der Waals surface area (Å²) >= 11 is 0. The van der Waals surface area contributed by atoms with E-state index in [-0.39, 0.29) is 19.0 Å². The van der Waals surface area contributed by atoms with Gasteiger partial charge in [-0.1, -0.05) is 0 Å². The van der Waals surface area contributed by atoms with Crippen LogP contribution in [0.15, 0.2) is 12.3 Å². The fourth-order valence-electron chi connectivity index (χ4n) is 1.83. The first-order valence-corrected chi connectivity index (χ1v) is 6.81. The summed E-state index contributed by atoms with van der Waals surface area (Å²) in [4.78, 5) is 26.5. The van der Waals surface area contributed by atoms with Crippen LogP contribution in [0.2, 0.25) is 0 Å². The van der Waals surface area contributed by atoms with Crippen LogP contribution in [-0.2, 0) is 22.3 Å². The first-order valence-electron chi connectivity index (χ1n) is 6.81. The molecule has 0 N–H and O–H groups in total. The molecule has 1 aromatic heterocycles. The summed E-state index contributed by atoms with van der Waals surface area (Å²) in [6, 6.07) is 0.800. The molecular formula is C13H19F3N4O2. The molecule has 1 aromatic rings. The summed E-state index contributed by atoms with van der Waals surface area (Å²) < 4.78 is 38.2. The zero-order valence-electron chi connectivity index (χ0n) is 12.7. The Morgan fingerprint density at radius 1 is 1.23 bits per heavy atom. The van der Waals surface area contributed by atoms with Gasteiger partial charge in [-0.3, -0.25) is 14.3 Å². The maximum absolute atomic E-state index is 12.4. The normalized spacial score (nSPS) is 11.4. The van der Waals surface area contributed by atoms with Crippen LogP contribution in [-0.4, -0.2) is 58.1 Å². The molecule has 0 spiro atoms. The molecule has 0 aliphatic rings. The summed E-state index contributed by atoms with van der Waals surface area (Å²) in [7, 11) is 1.43. The molecule has 0 aromatic carbocycles. The third-order valence-corrected chi connectivity index (χ3v) is 3.14. The van der Waals surface area contributed by atoms with Crippen molar-refractivity contribution in [2.75, 3.05) is 26.7 Å². The van der Waals surface area contributed by atoms with Gasteiger partial charge in [-0.05, 0) is 19.9 Å². The number of likely N-dealkylation sites (N-methyl/N-ethyl adjacent to an activating group) is 2. The Balaban J connectivity index is 2.61. The topological polar surface area (TPSA) is 58.4 Å². The van der Waals surface area contributed by atoms with Crippen LogP contribution in [0.1, 0.15) is 19.5 Å². The number of nitrogens with zero attached hydrogens (tertiary/aromatic N) is 4. The predicted octanol–water partition coefficient (Wildman–Crippen LogP) is 1.23. The molecule has 9 heteroatoms. The molecule has 0 fully saturated rings. The molecule has 0 aliphatic heterocycles. The summed E-state index contributed by atoms with van der Waals surface area (Å²) in [6.45, 7) is 4.25. The van der Waals surface area contributed by atoms with Gasteiger partial charge in [0.05, 0.1) is 6.54 Å². The second kappa shape index (κ2) is 7.28. The monoisotopic (exact) mass is 320 g/mol. The molecular weight excluding hydrogens is 301 g/mol. The highest BCUT2D eigenvalue weighted by Crippen LogP contribution is 2.27. The number of carbonyl (C=O) groups is 2. The first kappa shape index (κ1) is 18.0. The van der Waals surface area contributed by atoms with Crippen LogP contribution in [0.5, 0.6) is 0 Å². The van der Waals surface area contributed by atoms with E-state index in [1.54, 1.807) is 4.90 Å². The number of halogens is 3. The lowest BCUT2D eigenvalue weighted by Gasteiger charge is -2.23. The Morgan fingerprint density at radius 3 is 2.27 bits per heavy atom. The molecule has 6 nitrogen and oxygen atoms in total. The molecule has 0 radical (unpaired) electrons. The van der Waals surface area contributed by atoms with Gasteiger partial charge in [0.2, 0.25) is 11.8 Å². The molecule has 1 rings (SSSR count). The van der Waals surface area contributed by atoms with Crippen LogP contribution in [0.25, 0.3) is 0 Å². The third-order valence-electron chi connectivity index (χ3n) is 3.14. The lowest BCUT2D eigenvalue weighted by atomic mass is 10.4. The van der Waals surface area contributed by atoms with Gasteiger partial charge in [0.15, 0.2) is 5.69 Å². The van der Waals surface area contributed by atoms with E-state index in [9.17, 15) is 22.8 Å². The van der Waals surface area contributed by atoms with Crippen molar-refractivity contribution in [3.05, 3.63) is 18.0 Å². The highest BCUT2D eigenvalue weighted by atomic mass is 19.4. The van der Waals surface area contributed by atoms with Crippen LogP contribution >= 0.6 is 0 Å². The Labute approximate surface area is 126 Å². The van der Waals surface area contributed by atoms with E-state index in [2.05, 4.69) is 5.10 Å². The van der Waals surface area contributed by atoms with Gasteiger partial charge >= 0.3 is 6.18 Å². The van der Waals surface area contributed by atoms with E-state index in [0.29, 0.717) is 13.1 Å². The molecule has 124 valence electrons. The van der Waals surface area contributed by atoms with Crippen LogP contribution in [0.3, 0.4) is 0 Å². The molecule has 0 aliphatic carbocycles. The number of rotatable bonds is 6. The van der Waals surface area contributed by atoms with Gasteiger partial charge < -0.3 is 9.80 Å². The van der Waals surface area contributed by atoms with Crippen molar-refractivity contribution in [2.45, 2.75) is 26.6 Å². The highest BCUT2D eigenvalue weighted by molar-refractivity contribution is 5.84. The number of hydrogen-bond acceptors (Lipinski definition) is 3. The van der Waals surface area contributed by atoms with Crippen molar-refractivity contribution in [2.24, 2.45) is 0 Å². The Hall–Kier alpha value is -2.06.